The SMILES string of the molecule is COc1cccc(C(=O)OCC(=O)c2cc(OC)c(OC)c(OC)c2)c1. The molecule has 0 aliphatic rings. The summed E-state index contributed by atoms with van der Waals surface area (Å²) < 4.78 is 25.8. The molecule has 138 valence electrons. The standard InChI is InChI=1S/C19H20O7/c1-22-14-7-5-6-12(8-14)19(21)26-11-15(20)13-9-16(23-2)18(25-4)17(10-13)24-3/h5-10H,11H2,1-4H3. The van der Waals surface area contributed by atoms with Crippen LogP contribution in [0, 0.1) is 0 Å². The van der Waals surface area contributed by atoms with E-state index in [2.05, 4.69) is 0 Å². The number of carbonyl (C=O) groups excluding carboxylic acids is 2. The van der Waals surface area contributed by atoms with Crippen LogP contribution in [0.4, 0.5) is 0 Å². The van der Waals surface area contributed by atoms with Crippen molar-refractivity contribution in [1.29, 1.82) is 0 Å². The van der Waals surface area contributed by atoms with Crippen molar-refractivity contribution in [3.05, 3.63) is 47.5 Å². The predicted octanol–water partition coefficient (Wildman–Crippen LogP) is 2.76. The highest BCUT2D eigenvalue weighted by molar-refractivity contribution is 6.00. The van der Waals surface area contributed by atoms with Gasteiger partial charge in [0.05, 0.1) is 34.0 Å². The maximum atomic E-state index is 12.4. The average Bonchev–Trinajstić information content (AvgIpc) is 2.70. The summed E-state index contributed by atoms with van der Waals surface area (Å²) in [6, 6.07) is 9.49. The molecular weight excluding hydrogens is 340 g/mol. The molecule has 2 rings (SSSR count). The van der Waals surface area contributed by atoms with Crippen molar-refractivity contribution in [1.82, 2.24) is 0 Å². The molecule has 0 aromatic heterocycles. The summed E-state index contributed by atoms with van der Waals surface area (Å²) in [7, 11) is 5.87. The van der Waals surface area contributed by atoms with Crippen molar-refractivity contribution >= 4 is 11.8 Å². The van der Waals surface area contributed by atoms with Gasteiger partial charge >= 0.3 is 5.97 Å². The van der Waals surface area contributed by atoms with Crippen LogP contribution in [0.3, 0.4) is 0 Å². The molecule has 26 heavy (non-hydrogen) atoms. The summed E-state index contributed by atoms with van der Waals surface area (Å²) in [6.07, 6.45) is 0. The molecule has 2 aromatic carbocycles. The van der Waals surface area contributed by atoms with Gasteiger partial charge in [-0.1, -0.05) is 6.07 Å². The molecule has 7 heteroatoms. The summed E-state index contributed by atoms with van der Waals surface area (Å²) in [6.45, 7) is -0.422. The van der Waals surface area contributed by atoms with Gasteiger partial charge in [-0.15, -0.1) is 0 Å². The minimum atomic E-state index is -0.621. The van der Waals surface area contributed by atoms with E-state index in [1.165, 1.54) is 46.6 Å². The highest BCUT2D eigenvalue weighted by atomic mass is 16.5. The van der Waals surface area contributed by atoms with E-state index in [9.17, 15) is 9.59 Å². The van der Waals surface area contributed by atoms with Gasteiger partial charge in [0, 0.05) is 5.56 Å². The van der Waals surface area contributed by atoms with Crippen molar-refractivity contribution in [3.8, 4) is 23.0 Å². The third-order valence-electron chi connectivity index (χ3n) is 3.63. The Hall–Kier alpha value is -3.22. The first-order chi connectivity index (χ1) is 12.5. The van der Waals surface area contributed by atoms with Gasteiger partial charge in [-0.25, -0.2) is 4.79 Å². The monoisotopic (exact) mass is 360 g/mol. The highest BCUT2D eigenvalue weighted by Gasteiger charge is 2.18. The maximum Gasteiger partial charge on any atom is 0.338 e. The Labute approximate surface area is 151 Å². The number of hydrogen-bond acceptors (Lipinski definition) is 7. The third kappa shape index (κ3) is 4.24. The van der Waals surface area contributed by atoms with Crippen molar-refractivity contribution in [3.63, 3.8) is 0 Å². The molecule has 0 saturated heterocycles. The molecule has 0 N–H and O–H groups in total. The van der Waals surface area contributed by atoms with Crippen LogP contribution in [0.1, 0.15) is 20.7 Å². The lowest BCUT2D eigenvalue weighted by atomic mass is 10.1. The molecule has 0 aliphatic heterocycles. The van der Waals surface area contributed by atoms with Gasteiger partial charge in [-0.2, -0.15) is 0 Å². The number of benzene rings is 2. The second-order valence-electron chi connectivity index (χ2n) is 5.15. The van der Waals surface area contributed by atoms with Crippen LogP contribution in [0.5, 0.6) is 23.0 Å². The van der Waals surface area contributed by atoms with E-state index in [1.807, 2.05) is 0 Å². The second-order valence-corrected chi connectivity index (χ2v) is 5.15. The lowest BCUT2D eigenvalue weighted by Crippen LogP contribution is -2.14. The predicted molar refractivity (Wildman–Crippen MR) is 93.7 cm³/mol. The van der Waals surface area contributed by atoms with Crippen molar-refractivity contribution in [2.24, 2.45) is 0 Å². The van der Waals surface area contributed by atoms with Crippen molar-refractivity contribution in [2.45, 2.75) is 0 Å². The van der Waals surface area contributed by atoms with E-state index in [0.717, 1.165) is 0 Å². The largest absolute Gasteiger partial charge is 0.497 e. The van der Waals surface area contributed by atoms with Crippen molar-refractivity contribution < 1.29 is 33.3 Å². The molecule has 2 aromatic rings. The summed E-state index contributed by atoms with van der Waals surface area (Å²) in [5.74, 6) is 0.559. The fourth-order valence-electron chi connectivity index (χ4n) is 2.29. The molecule has 0 spiro atoms. The summed E-state index contributed by atoms with van der Waals surface area (Å²) in [4.78, 5) is 24.5. The Kier molecular flexibility index (Phi) is 6.43. The van der Waals surface area contributed by atoms with E-state index >= 15 is 0 Å². The van der Waals surface area contributed by atoms with Gasteiger partial charge < -0.3 is 23.7 Å². The van der Waals surface area contributed by atoms with E-state index in [4.69, 9.17) is 23.7 Å². The Balaban J connectivity index is 2.13. The van der Waals surface area contributed by atoms with Crippen LogP contribution < -0.4 is 18.9 Å². The fourth-order valence-corrected chi connectivity index (χ4v) is 2.29. The zero-order valence-corrected chi connectivity index (χ0v) is 15.0. The van der Waals surface area contributed by atoms with Gasteiger partial charge in [0.2, 0.25) is 11.5 Å². The molecular formula is C19H20O7. The van der Waals surface area contributed by atoms with Gasteiger partial charge in [-0.3, -0.25) is 4.79 Å². The first-order valence-corrected chi connectivity index (χ1v) is 7.68. The average molecular weight is 360 g/mol. The van der Waals surface area contributed by atoms with Gasteiger partial charge in [0.15, 0.2) is 18.1 Å². The minimum Gasteiger partial charge on any atom is -0.497 e. The number of ether oxygens (including phenoxy) is 5. The van der Waals surface area contributed by atoms with Gasteiger partial charge in [0.1, 0.15) is 5.75 Å². The van der Waals surface area contributed by atoms with Crippen molar-refractivity contribution in [2.75, 3.05) is 35.0 Å². The van der Waals surface area contributed by atoms with E-state index in [1.54, 1.807) is 18.2 Å². The number of hydrogen-bond donors (Lipinski definition) is 0. The number of ketones is 1. The van der Waals surface area contributed by atoms with Crippen LogP contribution in [0.25, 0.3) is 0 Å². The Morgan fingerprint density at radius 3 is 2.00 bits per heavy atom. The maximum absolute atomic E-state index is 12.4. The lowest BCUT2D eigenvalue weighted by Gasteiger charge is -2.13. The van der Waals surface area contributed by atoms with E-state index < -0.39 is 18.4 Å². The summed E-state index contributed by atoms with van der Waals surface area (Å²) in [5, 5.41) is 0. The zero-order chi connectivity index (χ0) is 19.1. The Morgan fingerprint density at radius 2 is 1.46 bits per heavy atom. The summed E-state index contributed by atoms with van der Waals surface area (Å²) >= 11 is 0. The second kappa shape index (κ2) is 8.75. The molecule has 7 nitrogen and oxygen atoms in total. The highest BCUT2D eigenvalue weighted by Crippen LogP contribution is 2.38. The molecule has 0 bridgehead atoms. The molecule has 0 aliphatic carbocycles. The number of carbonyl (C=O) groups is 2. The molecule has 0 saturated carbocycles. The number of Topliss-reactive ketones (excluding diaryl/α,β-unsaturated/α-hetero) is 1. The first-order valence-electron chi connectivity index (χ1n) is 7.68. The fraction of sp³-hybridized carbons (Fsp3) is 0.263. The minimum absolute atomic E-state index is 0.276. The van der Waals surface area contributed by atoms with Gasteiger partial charge in [-0.05, 0) is 30.3 Å². The molecule has 0 fully saturated rings. The van der Waals surface area contributed by atoms with Crippen LogP contribution in [0.2, 0.25) is 0 Å². The van der Waals surface area contributed by atoms with Crippen LogP contribution in [-0.2, 0) is 4.74 Å². The Morgan fingerprint density at radius 1 is 0.808 bits per heavy atom. The van der Waals surface area contributed by atoms with Gasteiger partial charge in [0.25, 0.3) is 0 Å². The Bertz CT molecular complexity index is 773. The van der Waals surface area contributed by atoms with Crippen LogP contribution in [0.15, 0.2) is 36.4 Å². The molecule has 0 unspecified atom stereocenters. The first kappa shape index (κ1) is 19.1. The summed E-state index contributed by atoms with van der Waals surface area (Å²) in [5.41, 5.74) is 0.569. The number of rotatable bonds is 8. The number of methoxy groups -OCH3 is 4. The molecule has 0 radical (unpaired) electrons. The zero-order valence-electron chi connectivity index (χ0n) is 15.0. The molecule has 0 heterocycles. The van der Waals surface area contributed by atoms with Crippen LogP contribution in [-0.4, -0.2) is 46.8 Å². The third-order valence-corrected chi connectivity index (χ3v) is 3.63. The van der Waals surface area contributed by atoms with E-state index in [0.29, 0.717) is 28.6 Å². The molecule has 0 atom stereocenters. The normalized spacial score (nSPS) is 10.0. The molecule has 0 amide bonds. The lowest BCUT2D eigenvalue weighted by molar-refractivity contribution is 0.0474. The van der Waals surface area contributed by atoms with E-state index in [-0.39, 0.29) is 5.56 Å². The smallest absolute Gasteiger partial charge is 0.338 e. The topological polar surface area (TPSA) is 80.3 Å². The quantitative estimate of drug-likeness (QED) is 0.529. The van der Waals surface area contributed by atoms with Crippen LogP contribution >= 0.6 is 0 Å². The number of esters is 1.